The lowest BCUT2D eigenvalue weighted by atomic mass is 10.2. The molecule has 0 saturated carbocycles. The molecule has 6 nitrogen and oxygen atoms in total. The van der Waals surface area contributed by atoms with Crippen LogP contribution in [0, 0.1) is 15.9 Å². The van der Waals surface area contributed by atoms with Gasteiger partial charge in [-0.2, -0.15) is 0 Å². The van der Waals surface area contributed by atoms with Gasteiger partial charge < -0.3 is 14.8 Å². The van der Waals surface area contributed by atoms with Gasteiger partial charge in [0.05, 0.1) is 24.2 Å². The lowest BCUT2D eigenvalue weighted by Crippen LogP contribution is -2.17. The van der Waals surface area contributed by atoms with Gasteiger partial charge in [-0.1, -0.05) is 0 Å². The second kappa shape index (κ2) is 9.35. The van der Waals surface area contributed by atoms with Crippen LogP contribution in [0.2, 0.25) is 0 Å². The van der Waals surface area contributed by atoms with E-state index in [1.165, 1.54) is 12.1 Å². The summed E-state index contributed by atoms with van der Waals surface area (Å²) in [6.07, 6.45) is 0.807. The van der Waals surface area contributed by atoms with Gasteiger partial charge in [0.25, 0.3) is 5.69 Å². The molecule has 0 bridgehead atoms. The first-order valence-corrected chi connectivity index (χ1v) is 6.34. The number of rotatable bonds is 10. The van der Waals surface area contributed by atoms with Gasteiger partial charge in [-0.3, -0.25) is 10.1 Å². The molecule has 0 amide bonds. The number of non-ortho nitro benzene ring substituents is 1. The molecular formula is C13H19FN2O4. The first kappa shape index (κ1) is 16.5. The topological polar surface area (TPSA) is 73.6 Å². The molecule has 0 aliphatic carbocycles. The predicted octanol–water partition coefficient (Wildman–Crippen LogP) is 1.88. The van der Waals surface area contributed by atoms with Crippen molar-refractivity contribution in [3.63, 3.8) is 0 Å². The molecular weight excluding hydrogens is 267 g/mol. The molecule has 0 saturated heterocycles. The highest BCUT2D eigenvalue weighted by Crippen LogP contribution is 2.16. The fourth-order valence-electron chi connectivity index (χ4n) is 1.62. The third-order valence-corrected chi connectivity index (χ3v) is 2.56. The average molecular weight is 286 g/mol. The van der Waals surface area contributed by atoms with Crippen LogP contribution in [0.1, 0.15) is 12.0 Å². The third kappa shape index (κ3) is 6.55. The predicted molar refractivity (Wildman–Crippen MR) is 72.1 cm³/mol. The Labute approximate surface area is 117 Å². The van der Waals surface area contributed by atoms with Crippen molar-refractivity contribution in [2.45, 2.75) is 13.0 Å². The van der Waals surface area contributed by atoms with Crippen LogP contribution in [0.5, 0.6) is 0 Å². The van der Waals surface area contributed by atoms with Crippen LogP contribution >= 0.6 is 0 Å². The van der Waals surface area contributed by atoms with Crippen molar-refractivity contribution in [3.05, 3.63) is 39.7 Å². The molecule has 1 N–H and O–H groups in total. The van der Waals surface area contributed by atoms with E-state index in [1.807, 2.05) is 0 Å². The van der Waals surface area contributed by atoms with Crippen LogP contribution < -0.4 is 5.32 Å². The number of benzene rings is 1. The van der Waals surface area contributed by atoms with Crippen LogP contribution in [0.3, 0.4) is 0 Å². The Hall–Kier alpha value is -1.57. The van der Waals surface area contributed by atoms with Gasteiger partial charge in [0.2, 0.25) is 0 Å². The van der Waals surface area contributed by atoms with Crippen molar-refractivity contribution < 1.29 is 18.8 Å². The number of ether oxygens (including phenoxy) is 2. The van der Waals surface area contributed by atoms with Crippen molar-refractivity contribution in [3.8, 4) is 0 Å². The quantitative estimate of drug-likeness (QED) is 0.404. The molecule has 7 heteroatoms. The van der Waals surface area contributed by atoms with Gasteiger partial charge in [-0.05, 0) is 24.6 Å². The van der Waals surface area contributed by atoms with E-state index < -0.39 is 10.7 Å². The Bertz CT molecular complexity index is 429. The molecule has 0 heterocycles. The maximum Gasteiger partial charge on any atom is 0.272 e. The number of hydrogen-bond donors (Lipinski definition) is 1. The summed E-state index contributed by atoms with van der Waals surface area (Å²) < 4.78 is 23.3. The monoisotopic (exact) mass is 286 g/mol. The molecule has 0 aliphatic heterocycles. The summed E-state index contributed by atoms with van der Waals surface area (Å²) in [5.74, 6) is -0.598. The van der Waals surface area contributed by atoms with E-state index in [9.17, 15) is 14.5 Å². The average Bonchev–Trinajstić information content (AvgIpc) is 2.41. The second-order valence-corrected chi connectivity index (χ2v) is 4.21. The first-order valence-electron chi connectivity index (χ1n) is 6.34. The van der Waals surface area contributed by atoms with E-state index in [0.717, 1.165) is 12.5 Å². The van der Waals surface area contributed by atoms with Gasteiger partial charge in [0.1, 0.15) is 5.82 Å². The van der Waals surface area contributed by atoms with Gasteiger partial charge >= 0.3 is 0 Å². The summed E-state index contributed by atoms with van der Waals surface area (Å²) in [4.78, 5) is 10.00. The van der Waals surface area contributed by atoms with Crippen LogP contribution in [0.25, 0.3) is 0 Å². The smallest absolute Gasteiger partial charge is 0.272 e. The van der Waals surface area contributed by atoms with Crippen LogP contribution in [0.15, 0.2) is 18.2 Å². The van der Waals surface area contributed by atoms with E-state index in [1.54, 1.807) is 7.11 Å². The Morgan fingerprint density at radius 3 is 2.80 bits per heavy atom. The summed E-state index contributed by atoms with van der Waals surface area (Å²) in [5, 5.41) is 13.7. The number of hydrogen-bond acceptors (Lipinski definition) is 5. The highest BCUT2D eigenvalue weighted by molar-refractivity contribution is 5.35. The summed E-state index contributed by atoms with van der Waals surface area (Å²) in [6.45, 7) is 2.82. The molecule has 0 aliphatic rings. The fourth-order valence-corrected chi connectivity index (χ4v) is 1.62. The first-order chi connectivity index (χ1) is 9.63. The van der Waals surface area contributed by atoms with Crippen molar-refractivity contribution in [1.82, 2.24) is 5.32 Å². The molecule has 0 radical (unpaired) electrons. The molecule has 1 aromatic rings. The van der Waals surface area contributed by atoms with Crippen molar-refractivity contribution in [2.75, 3.05) is 33.5 Å². The van der Waals surface area contributed by atoms with Gasteiger partial charge in [0.15, 0.2) is 0 Å². The lowest BCUT2D eigenvalue weighted by Gasteiger charge is -2.06. The summed E-state index contributed by atoms with van der Waals surface area (Å²) in [6, 6.07) is 3.56. The zero-order chi connectivity index (χ0) is 14.8. The minimum absolute atomic E-state index is 0.232. The molecule has 1 rings (SSSR count). The van der Waals surface area contributed by atoms with E-state index in [4.69, 9.17) is 9.47 Å². The molecule has 0 atom stereocenters. The van der Waals surface area contributed by atoms with E-state index in [2.05, 4.69) is 5.32 Å². The van der Waals surface area contributed by atoms with Gasteiger partial charge in [0, 0.05) is 26.3 Å². The Morgan fingerprint density at radius 2 is 2.10 bits per heavy atom. The normalized spacial score (nSPS) is 10.7. The highest BCUT2D eigenvalue weighted by atomic mass is 19.1. The van der Waals surface area contributed by atoms with Gasteiger partial charge in [-0.15, -0.1) is 0 Å². The highest BCUT2D eigenvalue weighted by Gasteiger charge is 2.09. The third-order valence-electron chi connectivity index (χ3n) is 2.56. The molecule has 20 heavy (non-hydrogen) atoms. The van der Waals surface area contributed by atoms with Crippen molar-refractivity contribution >= 4 is 5.69 Å². The Balaban J connectivity index is 2.23. The summed E-state index contributed by atoms with van der Waals surface area (Å²) in [7, 11) is 1.61. The molecule has 0 spiro atoms. The zero-order valence-electron chi connectivity index (χ0n) is 11.4. The van der Waals surface area contributed by atoms with Crippen molar-refractivity contribution in [1.29, 1.82) is 0 Å². The molecule has 0 unspecified atom stereocenters. The fraction of sp³-hybridized carbons (Fsp3) is 0.538. The number of nitro groups is 1. The Kier molecular flexibility index (Phi) is 7.71. The van der Waals surface area contributed by atoms with E-state index in [0.29, 0.717) is 38.5 Å². The number of nitrogens with one attached hydrogen (secondary N) is 1. The summed E-state index contributed by atoms with van der Waals surface area (Å²) >= 11 is 0. The Morgan fingerprint density at radius 1 is 1.30 bits per heavy atom. The zero-order valence-corrected chi connectivity index (χ0v) is 11.4. The second-order valence-electron chi connectivity index (χ2n) is 4.21. The van der Waals surface area contributed by atoms with Crippen LogP contribution in [0.4, 0.5) is 10.1 Å². The van der Waals surface area contributed by atoms with Gasteiger partial charge in [-0.25, -0.2) is 4.39 Å². The lowest BCUT2D eigenvalue weighted by molar-refractivity contribution is -0.385. The maximum absolute atomic E-state index is 13.2. The number of methoxy groups -OCH3 is 1. The summed E-state index contributed by atoms with van der Waals surface area (Å²) in [5.41, 5.74) is 0.321. The molecule has 0 aromatic heterocycles. The van der Waals surface area contributed by atoms with Crippen LogP contribution in [-0.4, -0.2) is 38.4 Å². The largest absolute Gasteiger partial charge is 0.382 e. The standard InChI is InChI=1S/C13H19FN2O4/c1-19-5-6-20-4-2-3-15-10-11-7-12(14)9-13(8-11)16(17)18/h7-9,15H,2-6,10H2,1H3. The number of nitro benzene ring substituents is 1. The number of halogens is 1. The number of nitrogens with zero attached hydrogens (tertiary/aromatic N) is 1. The maximum atomic E-state index is 13.2. The van der Waals surface area contributed by atoms with E-state index >= 15 is 0 Å². The minimum atomic E-state index is -0.601. The van der Waals surface area contributed by atoms with Crippen molar-refractivity contribution in [2.24, 2.45) is 0 Å². The molecule has 1 aromatic carbocycles. The van der Waals surface area contributed by atoms with E-state index in [-0.39, 0.29) is 5.69 Å². The molecule has 112 valence electrons. The molecule has 0 fully saturated rings. The SMILES string of the molecule is COCCOCCCNCc1cc(F)cc([N+](=O)[O-])c1. The van der Waals surface area contributed by atoms with Crippen LogP contribution in [-0.2, 0) is 16.0 Å². The minimum Gasteiger partial charge on any atom is -0.382 e.